The van der Waals surface area contributed by atoms with E-state index in [0.717, 1.165) is 32.9 Å². The first-order chi connectivity index (χ1) is 26.2. The molecule has 2 aromatic heterocycles. The lowest BCUT2D eigenvalue weighted by Crippen LogP contribution is -2.54. The van der Waals surface area contributed by atoms with Crippen molar-refractivity contribution in [1.82, 2.24) is 25.5 Å². The first-order valence-electron chi connectivity index (χ1n) is 18.5. The number of imide groups is 2. The Kier molecular flexibility index (Phi) is 11.8. The van der Waals surface area contributed by atoms with E-state index in [0.29, 0.717) is 44.3 Å². The van der Waals surface area contributed by atoms with E-state index in [1.54, 1.807) is 24.4 Å². The third kappa shape index (κ3) is 9.45. The molecule has 6 rings (SSSR count). The molecule has 0 saturated carbocycles. The Bertz CT molecular complexity index is 2070. The molecule has 290 valence electrons. The molecule has 4 heterocycles. The highest BCUT2D eigenvalue weighted by molar-refractivity contribution is 6.25. The number of carbonyl (C=O) groups is 4. The zero-order valence-electron chi connectivity index (χ0n) is 31.9. The normalized spacial score (nSPS) is 16.6. The molecular weight excluding hydrogens is 702 g/mol. The third-order valence-electron chi connectivity index (χ3n) is 9.61. The van der Waals surface area contributed by atoms with Gasteiger partial charge in [-0.3, -0.25) is 29.4 Å². The van der Waals surface area contributed by atoms with Gasteiger partial charge in [-0.05, 0) is 55.0 Å². The summed E-state index contributed by atoms with van der Waals surface area (Å²) in [6.45, 7) is 10.7. The van der Waals surface area contributed by atoms with E-state index >= 15 is 0 Å². The van der Waals surface area contributed by atoms with Crippen LogP contribution in [-0.4, -0.2) is 102 Å². The fraction of sp³-hybridized carbons (Fsp3) is 0.415. The number of nitrogens with one attached hydrogen (secondary N) is 4. The van der Waals surface area contributed by atoms with Gasteiger partial charge in [-0.15, -0.1) is 0 Å². The van der Waals surface area contributed by atoms with Crippen molar-refractivity contribution in [3.8, 4) is 17.0 Å². The van der Waals surface area contributed by atoms with Gasteiger partial charge >= 0.3 is 0 Å². The first kappa shape index (κ1) is 39.3. The maximum Gasteiger partial charge on any atom is 0.264 e. The van der Waals surface area contributed by atoms with Crippen LogP contribution in [0.15, 0.2) is 66.9 Å². The quantitative estimate of drug-likeness (QED) is 0.0969. The van der Waals surface area contributed by atoms with Crippen LogP contribution >= 0.6 is 0 Å². The summed E-state index contributed by atoms with van der Waals surface area (Å²) in [5, 5.41) is 23.5. The number of benzene rings is 2. The van der Waals surface area contributed by atoms with E-state index in [1.807, 2.05) is 63.4 Å². The lowest BCUT2D eigenvalue weighted by molar-refractivity contribution is -0.136. The second kappa shape index (κ2) is 16.5. The molecule has 14 heteroatoms. The molecule has 2 atom stereocenters. The van der Waals surface area contributed by atoms with E-state index in [1.165, 1.54) is 0 Å². The number of pyridine rings is 2. The van der Waals surface area contributed by atoms with Gasteiger partial charge < -0.3 is 30.5 Å². The van der Waals surface area contributed by atoms with Crippen LogP contribution in [0.25, 0.3) is 22.2 Å². The number of aromatic nitrogens is 2. The van der Waals surface area contributed by atoms with Crippen molar-refractivity contribution >= 4 is 46.0 Å². The Morgan fingerprint density at radius 2 is 1.75 bits per heavy atom. The average Bonchev–Trinajstić information content (AvgIpc) is 3.41. The summed E-state index contributed by atoms with van der Waals surface area (Å²) < 4.78 is 12.1. The van der Waals surface area contributed by atoms with Gasteiger partial charge in [0, 0.05) is 66.8 Å². The Balaban J connectivity index is 0.917. The molecule has 1 saturated heterocycles. The zero-order chi connectivity index (χ0) is 39.3. The summed E-state index contributed by atoms with van der Waals surface area (Å²) in [5.41, 5.74) is 2.98. The minimum absolute atomic E-state index is 0.0624. The van der Waals surface area contributed by atoms with Gasteiger partial charge in [0.2, 0.25) is 11.8 Å². The number of aliphatic hydroxyl groups is 1. The van der Waals surface area contributed by atoms with Crippen molar-refractivity contribution in [2.45, 2.75) is 52.7 Å². The Morgan fingerprint density at radius 3 is 2.47 bits per heavy atom. The first-order valence-corrected chi connectivity index (χ1v) is 18.5. The lowest BCUT2D eigenvalue weighted by atomic mass is 9.92. The summed E-state index contributed by atoms with van der Waals surface area (Å²) in [6, 6.07) is 17.5. The molecule has 0 spiro atoms. The molecule has 0 bridgehead atoms. The molecule has 0 radical (unpaired) electrons. The molecule has 2 aliphatic rings. The fourth-order valence-corrected chi connectivity index (χ4v) is 6.58. The van der Waals surface area contributed by atoms with Crippen LogP contribution in [0, 0.1) is 10.8 Å². The highest BCUT2D eigenvalue weighted by Crippen LogP contribution is 2.33. The number of piperidine rings is 1. The molecule has 2 unspecified atom stereocenters. The number of fused-ring (bicyclic) bond motifs is 2. The minimum Gasteiger partial charge on any atom is -0.491 e. The summed E-state index contributed by atoms with van der Waals surface area (Å²) in [5.74, 6) is -0.705. The number of aliphatic hydroxyl groups excluding tert-OH is 1. The van der Waals surface area contributed by atoms with Crippen molar-refractivity contribution in [2.75, 3.05) is 57.1 Å². The van der Waals surface area contributed by atoms with Gasteiger partial charge in [0.05, 0.1) is 35.6 Å². The largest absolute Gasteiger partial charge is 0.491 e. The van der Waals surface area contributed by atoms with Crippen LogP contribution < -0.4 is 26.0 Å². The van der Waals surface area contributed by atoms with Crippen molar-refractivity contribution in [3.63, 3.8) is 0 Å². The summed E-state index contributed by atoms with van der Waals surface area (Å²) in [4.78, 5) is 60.8. The molecular formula is C41H49N7O7. The third-order valence-corrected chi connectivity index (χ3v) is 9.61. The van der Waals surface area contributed by atoms with Crippen LogP contribution in [0.1, 0.15) is 61.3 Å². The van der Waals surface area contributed by atoms with Crippen molar-refractivity contribution in [3.05, 3.63) is 78.0 Å². The minimum atomic E-state index is -1.02. The number of amides is 4. The molecule has 4 aromatic rings. The van der Waals surface area contributed by atoms with Crippen molar-refractivity contribution < 1.29 is 33.8 Å². The predicted molar refractivity (Wildman–Crippen MR) is 209 cm³/mol. The van der Waals surface area contributed by atoms with E-state index in [4.69, 9.17) is 14.5 Å². The molecule has 4 amide bonds. The van der Waals surface area contributed by atoms with E-state index in [9.17, 15) is 24.3 Å². The summed E-state index contributed by atoms with van der Waals surface area (Å²) >= 11 is 0. The second-order valence-electron chi connectivity index (χ2n) is 15.7. The molecule has 0 aliphatic carbocycles. The van der Waals surface area contributed by atoms with Gasteiger partial charge in [-0.1, -0.05) is 39.8 Å². The van der Waals surface area contributed by atoms with Gasteiger partial charge in [0.1, 0.15) is 30.3 Å². The van der Waals surface area contributed by atoms with Crippen LogP contribution in [0.5, 0.6) is 5.75 Å². The number of nitrogens with zero attached hydrogens (tertiary/aromatic N) is 3. The number of hydrogen-bond acceptors (Lipinski definition) is 12. The van der Waals surface area contributed by atoms with Gasteiger partial charge in [-0.2, -0.15) is 0 Å². The van der Waals surface area contributed by atoms with Crippen molar-refractivity contribution in [1.29, 1.82) is 0 Å². The molecule has 1 fully saturated rings. The van der Waals surface area contributed by atoms with Gasteiger partial charge in [0.15, 0.2) is 0 Å². The van der Waals surface area contributed by atoms with E-state index < -0.39 is 35.8 Å². The standard InChI is InChI=1S/C41H49N7O7/c1-40(2,21-43-19-27(49)20-55-28-11-13-30-25(17-28)9-12-31(46-30)26-10-15-34(42-5)44-18-26)23-54-24-41(3,4)22-45-32-8-6-7-29-36(32)39(53)48(38(29)52)33-14-16-35(50)47-37(33)51/h6-13,15,17-18,27,33,43,45,49H,14,16,19-24H2,1-5H3,(H,42,44)(H,47,50,51). The average molecular weight is 752 g/mol. The molecule has 14 nitrogen and oxygen atoms in total. The monoisotopic (exact) mass is 751 g/mol. The predicted octanol–water partition coefficient (Wildman–Crippen LogP) is 4.25. The number of anilines is 2. The summed E-state index contributed by atoms with van der Waals surface area (Å²) in [6.07, 6.45) is 1.23. The van der Waals surface area contributed by atoms with Crippen LogP contribution in [-0.2, 0) is 14.3 Å². The van der Waals surface area contributed by atoms with Gasteiger partial charge in [-0.25, -0.2) is 9.97 Å². The number of ether oxygens (including phenoxy) is 2. The van der Waals surface area contributed by atoms with E-state index in [2.05, 4.69) is 40.1 Å². The smallest absolute Gasteiger partial charge is 0.264 e. The van der Waals surface area contributed by atoms with Gasteiger partial charge in [0.25, 0.3) is 11.8 Å². The molecule has 5 N–H and O–H groups in total. The number of carbonyl (C=O) groups excluding carboxylic acids is 4. The zero-order valence-corrected chi connectivity index (χ0v) is 31.9. The van der Waals surface area contributed by atoms with Crippen LogP contribution in [0.3, 0.4) is 0 Å². The SMILES string of the molecule is CNc1ccc(-c2ccc3cc(OCC(O)CNCC(C)(C)COCC(C)(C)CNc4cccc5c4C(=O)N(C4CCC(=O)NC4=O)C5=O)ccc3n2)cn1. The van der Waals surface area contributed by atoms with Crippen LogP contribution in [0.2, 0.25) is 0 Å². The fourth-order valence-electron chi connectivity index (χ4n) is 6.58. The maximum absolute atomic E-state index is 13.4. The summed E-state index contributed by atoms with van der Waals surface area (Å²) in [7, 11) is 1.83. The Labute approximate surface area is 320 Å². The highest BCUT2D eigenvalue weighted by atomic mass is 16.5. The lowest BCUT2D eigenvalue weighted by Gasteiger charge is -2.30. The number of hydrogen-bond donors (Lipinski definition) is 5. The molecule has 55 heavy (non-hydrogen) atoms. The van der Waals surface area contributed by atoms with E-state index in [-0.39, 0.29) is 41.4 Å². The molecule has 2 aliphatic heterocycles. The topological polar surface area (TPSA) is 184 Å². The maximum atomic E-state index is 13.4. The Hall–Kier alpha value is -5.44. The van der Waals surface area contributed by atoms with Crippen LogP contribution in [0.4, 0.5) is 11.5 Å². The number of rotatable bonds is 17. The molecule has 2 aromatic carbocycles. The van der Waals surface area contributed by atoms with Crippen molar-refractivity contribution in [2.24, 2.45) is 10.8 Å². The Morgan fingerprint density at radius 1 is 0.964 bits per heavy atom. The second-order valence-corrected chi connectivity index (χ2v) is 15.7. The highest BCUT2D eigenvalue weighted by Gasteiger charge is 2.45.